The lowest BCUT2D eigenvalue weighted by atomic mass is 9.79. The molecule has 0 saturated carbocycles. The Bertz CT molecular complexity index is 3020. The number of hydrogen-bond acceptors (Lipinski definition) is 4. The summed E-state index contributed by atoms with van der Waals surface area (Å²) in [6, 6.07) is 61.4. The van der Waals surface area contributed by atoms with Crippen molar-refractivity contribution in [3.63, 3.8) is 0 Å². The molecule has 0 saturated heterocycles. The Hall–Kier alpha value is -6.61. The maximum absolute atomic E-state index is 18.0. The van der Waals surface area contributed by atoms with Gasteiger partial charge in [0, 0.05) is 27.9 Å². The van der Waals surface area contributed by atoms with Gasteiger partial charge >= 0.3 is 0 Å². The van der Waals surface area contributed by atoms with Gasteiger partial charge in [0.2, 0.25) is 0 Å². The third kappa shape index (κ3) is 3.90. The molecule has 3 aliphatic heterocycles. The van der Waals surface area contributed by atoms with Crippen LogP contribution >= 0.6 is 7.14 Å². The molecule has 282 valence electrons. The summed E-state index contributed by atoms with van der Waals surface area (Å²) in [5.74, 6) is 0. The second-order valence-electron chi connectivity index (χ2n) is 17.6. The largest absolute Gasteiger partial charge is 0.309 e. The number of benzene rings is 8. The molecule has 0 bridgehead atoms. The van der Waals surface area contributed by atoms with Crippen LogP contribution in [0.25, 0.3) is 22.3 Å². The minimum Gasteiger partial charge on any atom is -0.309 e. The molecule has 0 amide bonds. The molecule has 3 heterocycles. The molecule has 2 aliphatic carbocycles. The Labute approximate surface area is 345 Å². The van der Waals surface area contributed by atoms with E-state index in [1.165, 1.54) is 44.5 Å². The van der Waals surface area contributed by atoms with Crippen LogP contribution in [0.5, 0.6) is 0 Å². The number of rotatable bonds is 3. The lowest BCUT2D eigenvalue weighted by Crippen LogP contribution is -2.49. The number of hydrogen-bond donors (Lipinski definition) is 0. The van der Waals surface area contributed by atoms with Crippen molar-refractivity contribution in [2.24, 2.45) is 0 Å². The van der Waals surface area contributed by atoms with Gasteiger partial charge in [0.05, 0.1) is 50.0 Å². The van der Waals surface area contributed by atoms with Gasteiger partial charge in [0.25, 0.3) is 0 Å². The SMILES string of the molecule is CC1(C)c2ccccc2-c2cc3c4c(c21)N(c1ccccc1)c1c2c(cc5c1P4(=O)c1c(cccc1N5c1ccccc1)N3c1ccccc1)-c1ccccc1C2(C)C. The maximum Gasteiger partial charge on any atom is 0.183 e. The van der Waals surface area contributed by atoms with Crippen LogP contribution in [0.2, 0.25) is 0 Å². The zero-order chi connectivity index (χ0) is 39.6. The highest BCUT2D eigenvalue weighted by molar-refractivity contribution is 7.87. The van der Waals surface area contributed by atoms with Gasteiger partial charge in [-0.15, -0.1) is 0 Å². The summed E-state index contributed by atoms with van der Waals surface area (Å²) >= 11 is 0. The van der Waals surface area contributed by atoms with Gasteiger partial charge in [-0.3, -0.25) is 0 Å². The maximum atomic E-state index is 18.0. The Morgan fingerprint density at radius 3 is 1.17 bits per heavy atom. The van der Waals surface area contributed by atoms with Crippen LogP contribution < -0.4 is 30.6 Å². The van der Waals surface area contributed by atoms with Gasteiger partial charge in [-0.25, -0.2) is 0 Å². The normalized spacial score (nSPS) is 16.8. The molecule has 59 heavy (non-hydrogen) atoms. The van der Waals surface area contributed by atoms with E-state index in [-0.39, 0.29) is 10.8 Å². The summed E-state index contributed by atoms with van der Waals surface area (Å²) in [4.78, 5) is 7.35. The second-order valence-corrected chi connectivity index (χ2v) is 20.2. The number of para-hydroxylation sites is 3. The average Bonchev–Trinajstić information content (AvgIpc) is 3.64. The Morgan fingerprint density at radius 1 is 0.373 bits per heavy atom. The first-order chi connectivity index (χ1) is 28.7. The second kappa shape index (κ2) is 11.1. The summed E-state index contributed by atoms with van der Waals surface area (Å²) in [6.45, 7) is 9.46. The topological polar surface area (TPSA) is 26.8 Å². The zero-order valence-corrected chi connectivity index (χ0v) is 34.3. The molecule has 0 aromatic heterocycles. The van der Waals surface area contributed by atoms with Gasteiger partial charge in [-0.1, -0.05) is 137 Å². The van der Waals surface area contributed by atoms with Gasteiger partial charge in [0.1, 0.15) is 0 Å². The molecule has 0 unspecified atom stereocenters. The molecule has 8 aromatic carbocycles. The number of anilines is 9. The van der Waals surface area contributed by atoms with E-state index in [0.717, 1.165) is 67.1 Å². The van der Waals surface area contributed by atoms with E-state index >= 15 is 4.57 Å². The van der Waals surface area contributed by atoms with E-state index in [0.29, 0.717) is 0 Å². The van der Waals surface area contributed by atoms with Crippen molar-refractivity contribution in [1.82, 2.24) is 0 Å². The fourth-order valence-corrected chi connectivity index (χ4v) is 15.3. The van der Waals surface area contributed by atoms with Crippen LogP contribution in [-0.4, -0.2) is 0 Å². The van der Waals surface area contributed by atoms with Crippen molar-refractivity contribution in [2.75, 3.05) is 14.7 Å². The van der Waals surface area contributed by atoms with E-state index in [9.17, 15) is 0 Å². The first-order valence-corrected chi connectivity index (χ1v) is 22.4. The predicted octanol–water partition coefficient (Wildman–Crippen LogP) is 13.3. The molecular weight excluding hydrogens is 738 g/mol. The van der Waals surface area contributed by atoms with Crippen LogP contribution in [0.3, 0.4) is 0 Å². The monoisotopic (exact) mass is 777 g/mol. The Morgan fingerprint density at radius 2 is 0.746 bits per heavy atom. The van der Waals surface area contributed by atoms with Crippen molar-refractivity contribution in [3.05, 3.63) is 192 Å². The zero-order valence-electron chi connectivity index (χ0n) is 33.4. The van der Waals surface area contributed by atoms with E-state index in [1.807, 2.05) is 0 Å². The average molecular weight is 778 g/mol. The molecule has 5 aliphatic rings. The highest BCUT2D eigenvalue weighted by Gasteiger charge is 2.59. The summed E-state index contributed by atoms with van der Waals surface area (Å²) in [6.07, 6.45) is 0. The fraction of sp³-hybridized carbons (Fsp3) is 0.111. The lowest BCUT2D eigenvalue weighted by Gasteiger charge is -2.51. The standard InChI is InChI=1S/C54H40N3OP/c1-53(2)40-27-16-14-25-36(40)38-31-44-51-48(46(38)53)57(35-23-12-7-13-24-35)49-47-39(37-26-15-17-28-41(37)54(47,3)4)32-45-52(49)59(51,58)50-42(55(44)33-19-8-5-9-20-33)29-18-30-43(50)56(45)34-21-10-6-11-22-34/h5-32H,1-4H3. The highest BCUT2D eigenvalue weighted by atomic mass is 31.2. The third-order valence-corrected chi connectivity index (χ3v) is 17.2. The number of fused-ring (bicyclic) bond motifs is 8. The lowest BCUT2D eigenvalue weighted by molar-refractivity contribution is 0.591. The molecule has 0 fully saturated rings. The smallest absolute Gasteiger partial charge is 0.183 e. The van der Waals surface area contributed by atoms with Gasteiger partial charge in [0.15, 0.2) is 7.14 Å². The van der Waals surface area contributed by atoms with Gasteiger partial charge in [-0.05, 0) is 105 Å². The summed E-state index contributed by atoms with van der Waals surface area (Å²) < 4.78 is 18.0. The van der Waals surface area contributed by atoms with Crippen LogP contribution in [0.15, 0.2) is 170 Å². The third-order valence-electron chi connectivity index (χ3n) is 13.9. The highest BCUT2D eigenvalue weighted by Crippen LogP contribution is 2.72. The Balaban J connectivity index is 1.31. The fourth-order valence-electron chi connectivity index (χ4n) is 11.6. The minimum atomic E-state index is -3.65. The Kier molecular flexibility index (Phi) is 6.28. The first kappa shape index (κ1) is 33.4. The summed E-state index contributed by atoms with van der Waals surface area (Å²) in [5, 5.41) is 2.77. The molecule has 4 nitrogen and oxygen atoms in total. The van der Waals surface area contributed by atoms with E-state index in [4.69, 9.17) is 0 Å². The number of nitrogens with zero attached hydrogens (tertiary/aromatic N) is 3. The van der Waals surface area contributed by atoms with Crippen molar-refractivity contribution in [2.45, 2.75) is 38.5 Å². The first-order valence-electron chi connectivity index (χ1n) is 20.7. The van der Waals surface area contributed by atoms with Gasteiger partial charge < -0.3 is 19.3 Å². The van der Waals surface area contributed by atoms with Crippen LogP contribution in [0.4, 0.5) is 51.2 Å². The van der Waals surface area contributed by atoms with Gasteiger partial charge in [-0.2, -0.15) is 0 Å². The van der Waals surface area contributed by atoms with Crippen molar-refractivity contribution < 1.29 is 4.57 Å². The van der Waals surface area contributed by atoms with Crippen LogP contribution in [-0.2, 0) is 15.4 Å². The quantitative estimate of drug-likeness (QED) is 0.167. The summed E-state index contributed by atoms with van der Waals surface area (Å²) in [7, 11) is -3.65. The van der Waals surface area contributed by atoms with E-state index < -0.39 is 7.14 Å². The van der Waals surface area contributed by atoms with Crippen LogP contribution in [0, 0.1) is 0 Å². The molecule has 8 aromatic rings. The van der Waals surface area contributed by atoms with E-state index in [1.54, 1.807) is 0 Å². The molecule has 5 heteroatoms. The molecule has 0 radical (unpaired) electrons. The minimum absolute atomic E-state index is 0.386. The van der Waals surface area contributed by atoms with Crippen molar-refractivity contribution >= 4 is 74.2 Å². The molecular formula is C54H40N3OP. The summed E-state index contributed by atoms with van der Waals surface area (Å²) in [5.41, 5.74) is 18.3. The predicted molar refractivity (Wildman–Crippen MR) is 246 cm³/mol. The molecule has 0 atom stereocenters. The van der Waals surface area contributed by atoms with Crippen molar-refractivity contribution in [1.29, 1.82) is 0 Å². The van der Waals surface area contributed by atoms with Crippen molar-refractivity contribution in [3.8, 4) is 22.3 Å². The molecule has 0 N–H and O–H groups in total. The van der Waals surface area contributed by atoms with Crippen LogP contribution in [0.1, 0.15) is 49.9 Å². The molecule has 13 rings (SSSR count). The molecule has 0 spiro atoms. The van der Waals surface area contributed by atoms with E-state index in [2.05, 4.69) is 212 Å².